The molecule has 0 aromatic rings. The van der Waals surface area contributed by atoms with Crippen molar-refractivity contribution in [3.63, 3.8) is 0 Å². The summed E-state index contributed by atoms with van der Waals surface area (Å²) in [5, 5.41) is 9.04. The van der Waals surface area contributed by atoms with E-state index < -0.39 is 6.10 Å². The number of hydrogen-bond donors (Lipinski definition) is 1. The summed E-state index contributed by atoms with van der Waals surface area (Å²) >= 11 is 0. The Morgan fingerprint density at radius 2 is 2.20 bits per heavy atom. The fraction of sp³-hybridized carbons (Fsp3) is 0.667. The maximum absolute atomic E-state index is 11.7. The first-order chi connectivity index (χ1) is 9.44. The van der Waals surface area contributed by atoms with Crippen molar-refractivity contribution in [2.24, 2.45) is 5.92 Å². The van der Waals surface area contributed by atoms with Gasteiger partial charge in [-0.05, 0) is 31.8 Å². The number of carbonyl (C=O) groups is 1. The van der Waals surface area contributed by atoms with Gasteiger partial charge in [-0.3, -0.25) is 5.26 Å². The first kappa shape index (κ1) is 13.8. The standard InChI is InChI=1S/C15H20O5/c1-8-6-12-10(9(2)14(16)18-12)7-13-15(3,19-13)5-4-11(8)20-17/h10-13,17H,1-2,4-7H2,3H3/t10-,11?,12+,13+,15-/m1/s1. The van der Waals surface area contributed by atoms with Crippen LogP contribution in [0.2, 0.25) is 0 Å². The van der Waals surface area contributed by atoms with E-state index in [4.69, 9.17) is 14.7 Å². The molecule has 3 fully saturated rings. The Balaban J connectivity index is 1.84. The number of hydrogen-bond acceptors (Lipinski definition) is 5. The first-order valence-electron chi connectivity index (χ1n) is 7.00. The van der Waals surface area contributed by atoms with Crippen LogP contribution in [0.4, 0.5) is 0 Å². The van der Waals surface area contributed by atoms with Gasteiger partial charge in [0.1, 0.15) is 12.2 Å². The molecule has 3 rings (SSSR count). The van der Waals surface area contributed by atoms with Gasteiger partial charge in [-0.2, -0.15) is 0 Å². The molecule has 2 heterocycles. The van der Waals surface area contributed by atoms with Crippen LogP contribution in [0.5, 0.6) is 0 Å². The summed E-state index contributed by atoms with van der Waals surface area (Å²) in [5.41, 5.74) is 1.06. The number of ether oxygens (including phenoxy) is 2. The number of carbonyl (C=O) groups excluding carboxylic acids is 1. The van der Waals surface area contributed by atoms with Crippen LogP contribution in [-0.4, -0.2) is 35.1 Å². The molecule has 1 N–H and O–H groups in total. The van der Waals surface area contributed by atoms with Crippen LogP contribution in [0.25, 0.3) is 0 Å². The average molecular weight is 280 g/mol. The van der Waals surface area contributed by atoms with E-state index in [-0.39, 0.29) is 29.7 Å². The van der Waals surface area contributed by atoms with Crippen LogP contribution in [0.1, 0.15) is 32.6 Å². The van der Waals surface area contributed by atoms with Crippen molar-refractivity contribution < 1.29 is 24.4 Å². The van der Waals surface area contributed by atoms with Gasteiger partial charge in [-0.1, -0.05) is 13.2 Å². The molecule has 0 spiro atoms. The molecule has 0 aromatic carbocycles. The van der Waals surface area contributed by atoms with Crippen molar-refractivity contribution in [1.29, 1.82) is 0 Å². The minimum atomic E-state index is -0.442. The van der Waals surface area contributed by atoms with Gasteiger partial charge in [0.25, 0.3) is 0 Å². The van der Waals surface area contributed by atoms with Crippen molar-refractivity contribution in [3.8, 4) is 0 Å². The fourth-order valence-electron chi connectivity index (χ4n) is 3.33. The van der Waals surface area contributed by atoms with Gasteiger partial charge < -0.3 is 9.47 Å². The van der Waals surface area contributed by atoms with Crippen LogP contribution in [0.3, 0.4) is 0 Å². The highest BCUT2D eigenvalue weighted by molar-refractivity contribution is 5.90. The second kappa shape index (κ2) is 4.69. The molecule has 20 heavy (non-hydrogen) atoms. The van der Waals surface area contributed by atoms with E-state index in [9.17, 15) is 4.79 Å². The van der Waals surface area contributed by atoms with E-state index in [0.717, 1.165) is 18.4 Å². The van der Waals surface area contributed by atoms with E-state index in [1.165, 1.54) is 0 Å². The van der Waals surface area contributed by atoms with Crippen LogP contribution in [-0.2, 0) is 19.2 Å². The summed E-state index contributed by atoms with van der Waals surface area (Å²) in [5.74, 6) is -0.376. The Bertz CT molecular complexity index is 471. The van der Waals surface area contributed by atoms with Crippen LogP contribution < -0.4 is 0 Å². The lowest BCUT2D eigenvalue weighted by atomic mass is 9.82. The summed E-state index contributed by atoms with van der Waals surface area (Å²) in [4.78, 5) is 16.3. The molecule has 1 unspecified atom stereocenters. The summed E-state index contributed by atoms with van der Waals surface area (Å²) in [6.45, 7) is 9.86. The van der Waals surface area contributed by atoms with E-state index in [1.54, 1.807) is 0 Å². The normalized spacial score (nSPS) is 44.6. The summed E-state index contributed by atoms with van der Waals surface area (Å²) in [6.07, 6.45) is 2.09. The monoisotopic (exact) mass is 280 g/mol. The molecular weight excluding hydrogens is 260 g/mol. The highest BCUT2D eigenvalue weighted by atomic mass is 17.1. The summed E-state index contributed by atoms with van der Waals surface area (Å²) in [6, 6.07) is 0. The zero-order valence-corrected chi connectivity index (χ0v) is 11.6. The Hall–Kier alpha value is -1.17. The lowest BCUT2D eigenvalue weighted by Crippen LogP contribution is -2.27. The fourth-order valence-corrected chi connectivity index (χ4v) is 3.33. The van der Waals surface area contributed by atoms with Gasteiger partial charge in [0.05, 0.1) is 11.7 Å². The first-order valence-corrected chi connectivity index (χ1v) is 7.00. The zero-order chi connectivity index (χ0) is 14.5. The predicted molar refractivity (Wildman–Crippen MR) is 70.9 cm³/mol. The minimum absolute atomic E-state index is 0.0384. The van der Waals surface area contributed by atoms with E-state index in [0.29, 0.717) is 18.4 Å². The van der Waals surface area contributed by atoms with Gasteiger partial charge in [-0.25, -0.2) is 9.68 Å². The second-order valence-electron chi connectivity index (χ2n) is 6.23. The number of fused-ring (bicyclic) bond motifs is 2. The molecular formula is C15H20O5. The molecule has 2 aliphatic heterocycles. The molecule has 2 saturated heterocycles. The Kier molecular flexibility index (Phi) is 3.23. The third-order valence-corrected chi connectivity index (χ3v) is 4.87. The van der Waals surface area contributed by atoms with Crippen LogP contribution in [0.15, 0.2) is 24.3 Å². The molecule has 0 radical (unpaired) electrons. The van der Waals surface area contributed by atoms with Crippen molar-refractivity contribution in [2.45, 2.75) is 56.5 Å². The van der Waals surface area contributed by atoms with Crippen molar-refractivity contribution in [3.05, 3.63) is 24.3 Å². The topological polar surface area (TPSA) is 68.3 Å². The number of epoxide rings is 1. The minimum Gasteiger partial charge on any atom is -0.458 e. The molecule has 0 bridgehead atoms. The lowest BCUT2D eigenvalue weighted by molar-refractivity contribution is -0.271. The molecule has 0 aromatic heterocycles. The molecule has 5 heteroatoms. The molecule has 5 nitrogen and oxygen atoms in total. The van der Waals surface area contributed by atoms with Gasteiger partial charge in [0, 0.05) is 17.9 Å². The molecule has 5 atom stereocenters. The van der Waals surface area contributed by atoms with Crippen LogP contribution in [0, 0.1) is 5.92 Å². The molecule has 0 amide bonds. The summed E-state index contributed by atoms with van der Waals surface area (Å²) < 4.78 is 11.2. The molecule has 1 saturated carbocycles. The molecule has 1 aliphatic carbocycles. The molecule has 3 aliphatic rings. The Morgan fingerprint density at radius 1 is 1.45 bits per heavy atom. The maximum Gasteiger partial charge on any atom is 0.334 e. The van der Waals surface area contributed by atoms with Gasteiger partial charge in [-0.15, -0.1) is 0 Å². The Labute approximate surface area is 118 Å². The van der Waals surface area contributed by atoms with Crippen molar-refractivity contribution in [2.75, 3.05) is 0 Å². The van der Waals surface area contributed by atoms with Gasteiger partial charge >= 0.3 is 5.97 Å². The summed E-state index contributed by atoms with van der Waals surface area (Å²) in [7, 11) is 0. The Morgan fingerprint density at radius 3 is 2.90 bits per heavy atom. The number of esters is 1. The van der Waals surface area contributed by atoms with Gasteiger partial charge in [0.15, 0.2) is 0 Å². The average Bonchev–Trinajstić information content (AvgIpc) is 2.97. The quantitative estimate of drug-likeness (QED) is 0.199. The lowest BCUT2D eigenvalue weighted by Gasteiger charge is -2.24. The maximum atomic E-state index is 11.7. The number of rotatable bonds is 1. The third-order valence-electron chi connectivity index (χ3n) is 4.87. The van der Waals surface area contributed by atoms with Crippen LogP contribution >= 0.6 is 0 Å². The van der Waals surface area contributed by atoms with E-state index in [1.807, 2.05) is 6.92 Å². The van der Waals surface area contributed by atoms with E-state index >= 15 is 0 Å². The van der Waals surface area contributed by atoms with Gasteiger partial charge in [0.2, 0.25) is 0 Å². The van der Waals surface area contributed by atoms with Crippen molar-refractivity contribution in [1.82, 2.24) is 0 Å². The third kappa shape index (κ3) is 2.20. The molecule has 110 valence electrons. The van der Waals surface area contributed by atoms with E-state index in [2.05, 4.69) is 18.0 Å². The predicted octanol–water partition coefficient (Wildman–Crippen LogP) is 2.23. The zero-order valence-electron chi connectivity index (χ0n) is 11.6. The largest absolute Gasteiger partial charge is 0.458 e. The smallest absolute Gasteiger partial charge is 0.334 e. The second-order valence-corrected chi connectivity index (χ2v) is 6.23. The highest BCUT2D eigenvalue weighted by Crippen LogP contribution is 2.48. The SMILES string of the molecule is C=C1C[C@@H]2OC(=O)C(=C)[C@H]2C[C@@H]2O[C@]2(C)CCC1OO. The van der Waals surface area contributed by atoms with Crippen molar-refractivity contribution >= 4 is 5.97 Å². The highest BCUT2D eigenvalue weighted by Gasteiger charge is 2.55.